The van der Waals surface area contributed by atoms with Crippen molar-refractivity contribution in [2.75, 3.05) is 0 Å². The predicted octanol–water partition coefficient (Wildman–Crippen LogP) is 5.44. The van der Waals surface area contributed by atoms with Crippen LogP contribution >= 0.6 is 11.6 Å². The number of hydrogen-bond donors (Lipinski definition) is 0. The molecule has 3 rings (SSSR count). The van der Waals surface area contributed by atoms with Gasteiger partial charge >= 0.3 is 0 Å². The van der Waals surface area contributed by atoms with Crippen molar-refractivity contribution in [1.29, 1.82) is 0 Å². The molecule has 0 N–H and O–H groups in total. The molecule has 0 bridgehead atoms. The molecule has 0 radical (unpaired) electrons. The second kappa shape index (κ2) is 5.58. The van der Waals surface area contributed by atoms with Crippen LogP contribution in [0.5, 0.6) is 0 Å². The summed E-state index contributed by atoms with van der Waals surface area (Å²) >= 11 is 6.52. The molecule has 0 amide bonds. The smallest absolute Gasteiger partial charge is 0.115 e. The summed E-state index contributed by atoms with van der Waals surface area (Å²) in [6, 6.07) is 12.1. The fraction of sp³-hybridized carbons (Fsp3) is 0.222. The first-order chi connectivity index (χ1) is 10.5. The van der Waals surface area contributed by atoms with Crippen molar-refractivity contribution in [1.82, 2.24) is 9.55 Å². The monoisotopic (exact) mass is 311 g/mol. The van der Waals surface area contributed by atoms with Gasteiger partial charge in [-0.25, -0.2) is 4.98 Å². The van der Waals surface area contributed by atoms with Gasteiger partial charge in [0.1, 0.15) is 11.3 Å². The zero-order valence-corrected chi connectivity index (χ0v) is 13.7. The molecule has 1 heterocycles. The molecule has 0 aliphatic heterocycles. The fourth-order valence-corrected chi connectivity index (χ4v) is 3.32. The first-order valence-corrected chi connectivity index (χ1v) is 7.66. The minimum atomic E-state index is 0.264. The molecule has 3 nitrogen and oxygen atoms in total. The van der Waals surface area contributed by atoms with E-state index in [1.54, 1.807) is 0 Å². The van der Waals surface area contributed by atoms with Gasteiger partial charge in [-0.1, -0.05) is 43.6 Å². The minimum Gasteiger partial charge on any atom is -0.296 e. The molecule has 2 aromatic carbocycles. The van der Waals surface area contributed by atoms with E-state index in [9.17, 15) is 0 Å². The number of rotatable bonds is 3. The van der Waals surface area contributed by atoms with Gasteiger partial charge in [0, 0.05) is 16.3 Å². The standard InChI is InChI=1S/C18H18ClN3/c1-11(2)16-14(19)10-15-17(18(16)20-4)21-12(3)22(15)13-8-6-5-7-9-13/h5-11H,4H2,1-3H3. The Bertz CT molecular complexity index is 848. The Morgan fingerprint density at radius 1 is 1.23 bits per heavy atom. The average molecular weight is 312 g/mol. The molecule has 0 aliphatic rings. The normalized spacial score (nSPS) is 11.3. The molecule has 0 saturated heterocycles. The third-order valence-corrected chi connectivity index (χ3v) is 4.14. The number of aromatic nitrogens is 2. The number of para-hydroxylation sites is 1. The van der Waals surface area contributed by atoms with Crippen LogP contribution in [0.1, 0.15) is 31.2 Å². The van der Waals surface area contributed by atoms with Crippen molar-refractivity contribution < 1.29 is 0 Å². The predicted molar refractivity (Wildman–Crippen MR) is 94.1 cm³/mol. The van der Waals surface area contributed by atoms with Crippen LogP contribution in [0.4, 0.5) is 5.69 Å². The largest absolute Gasteiger partial charge is 0.296 e. The third kappa shape index (κ3) is 2.22. The summed E-state index contributed by atoms with van der Waals surface area (Å²) in [4.78, 5) is 8.93. The molecular weight excluding hydrogens is 294 g/mol. The van der Waals surface area contributed by atoms with Gasteiger partial charge in [-0.15, -0.1) is 0 Å². The summed E-state index contributed by atoms with van der Waals surface area (Å²) in [7, 11) is 0. The van der Waals surface area contributed by atoms with Crippen LogP contribution in [-0.4, -0.2) is 16.3 Å². The Labute approximate surface area is 135 Å². The van der Waals surface area contributed by atoms with Crippen LogP contribution in [0, 0.1) is 6.92 Å². The lowest BCUT2D eigenvalue weighted by molar-refractivity contribution is 0.869. The Morgan fingerprint density at radius 2 is 1.91 bits per heavy atom. The SMILES string of the molecule is C=Nc1c(C(C)C)c(Cl)cc2c1nc(C)n2-c1ccccc1. The summed E-state index contributed by atoms with van der Waals surface area (Å²) in [6.45, 7) is 9.91. The van der Waals surface area contributed by atoms with Gasteiger partial charge in [-0.2, -0.15) is 0 Å². The number of fused-ring (bicyclic) bond motifs is 1. The van der Waals surface area contributed by atoms with Gasteiger partial charge in [0.05, 0.1) is 11.2 Å². The third-order valence-electron chi connectivity index (χ3n) is 3.83. The van der Waals surface area contributed by atoms with Crippen molar-refractivity contribution in [3.05, 3.63) is 52.8 Å². The summed E-state index contributed by atoms with van der Waals surface area (Å²) in [5.41, 5.74) is 4.66. The van der Waals surface area contributed by atoms with E-state index in [0.717, 1.165) is 33.8 Å². The van der Waals surface area contributed by atoms with Gasteiger partial charge in [0.2, 0.25) is 0 Å². The van der Waals surface area contributed by atoms with E-state index in [1.165, 1.54) is 0 Å². The first kappa shape index (κ1) is 14.8. The lowest BCUT2D eigenvalue weighted by Crippen LogP contribution is -1.97. The summed E-state index contributed by atoms with van der Waals surface area (Å²) in [5, 5.41) is 0.710. The van der Waals surface area contributed by atoms with E-state index in [2.05, 4.69) is 42.3 Å². The van der Waals surface area contributed by atoms with E-state index in [-0.39, 0.29) is 5.92 Å². The molecule has 0 saturated carbocycles. The van der Waals surface area contributed by atoms with Gasteiger partial charge in [0.25, 0.3) is 0 Å². The number of halogens is 1. The Kier molecular flexibility index (Phi) is 3.75. The highest BCUT2D eigenvalue weighted by Gasteiger charge is 2.19. The molecule has 0 spiro atoms. The number of hydrogen-bond acceptors (Lipinski definition) is 2. The lowest BCUT2D eigenvalue weighted by Gasteiger charge is -2.13. The zero-order chi connectivity index (χ0) is 15.9. The quantitative estimate of drug-likeness (QED) is 0.592. The van der Waals surface area contributed by atoms with Gasteiger partial charge in [0.15, 0.2) is 0 Å². The van der Waals surface area contributed by atoms with Crippen LogP contribution in [0.15, 0.2) is 41.4 Å². The van der Waals surface area contributed by atoms with Gasteiger partial charge in [-0.05, 0) is 37.8 Å². The van der Waals surface area contributed by atoms with Crippen molar-refractivity contribution in [2.24, 2.45) is 4.99 Å². The minimum absolute atomic E-state index is 0.264. The summed E-state index contributed by atoms with van der Waals surface area (Å²) < 4.78 is 2.10. The number of benzene rings is 2. The molecule has 3 aromatic rings. The number of nitrogens with zero attached hydrogens (tertiary/aromatic N) is 3. The van der Waals surface area contributed by atoms with Crippen LogP contribution < -0.4 is 0 Å². The van der Waals surface area contributed by atoms with Crippen LogP contribution in [0.3, 0.4) is 0 Å². The molecule has 112 valence electrons. The molecule has 4 heteroatoms. The average Bonchev–Trinajstić information content (AvgIpc) is 2.82. The molecule has 22 heavy (non-hydrogen) atoms. The van der Waals surface area contributed by atoms with Crippen LogP contribution in [0.25, 0.3) is 16.7 Å². The second-order valence-electron chi connectivity index (χ2n) is 5.63. The van der Waals surface area contributed by atoms with E-state index < -0.39 is 0 Å². The summed E-state index contributed by atoms with van der Waals surface area (Å²) in [5.74, 6) is 1.17. The number of aliphatic imine (C=N–C) groups is 1. The molecule has 0 fully saturated rings. The van der Waals surface area contributed by atoms with E-state index in [4.69, 9.17) is 16.6 Å². The second-order valence-corrected chi connectivity index (χ2v) is 6.04. The first-order valence-electron chi connectivity index (χ1n) is 7.28. The van der Waals surface area contributed by atoms with Gasteiger partial charge in [-0.3, -0.25) is 9.56 Å². The zero-order valence-electron chi connectivity index (χ0n) is 13.0. The van der Waals surface area contributed by atoms with E-state index in [1.807, 2.05) is 31.2 Å². The van der Waals surface area contributed by atoms with Crippen LogP contribution in [0.2, 0.25) is 5.02 Å². The highest BCUT2D eigenvalue weighted by Crippen LogP contribution is 2.40. The molecule has 0 atom stereocenters. The maximum Gasteiger partial charge on any atom is 0.115 e. The highest BCUT2D eigenvalue weighted by molar-refractivity contribution is 6.32. The number of imidazole rings is 1. The van der Waals surface area contributed by atoms with E-state index >= 15 is 0 Å². The molecule has 0 aliphatic carbocycles. The van der Waals surface area contributed by atoms with Crippen molar-refractivity contribution in [3.8, 4) is 5.69 Å². The van der Waals surface area contributed by atoms with Crippen molar-refractivity contribution in [2.45, 2.75) is 26.7 Å². The maximum absolute atomic E-state index is 6.52. The summed E-state index contributed by atoms with van der Waals surface area (Å²) in [6.07, 6.45) is 0. The maximum atomic E-state index is 6.52. The topological polar surface area (TPSA) is 30.2 Å². The molecular formula is C18H18ClN3. The van der Waals surface area contributed by atoms with Crippen molar-refractivity contribution in [3.63, 3.8) is 0 Å². The van der Waals surface area contributed by atoms with Crippen molar-refractivity contribution >= 4 is 35.0 Å². The fourth-order valence-electron chi connectivity index (χ4n) is 2.91. The lowest BCUT2D eigenvalue weighted by atomic mass is 10.00. The number of aryl methyl sites for hydroxylation is 1. The highest BCUT2D eigenvalue weighted by atomic mass is 35.5. The molecule has 1 aromatic heterocycles. The van der Waals surface area contributed by atoms with Crippen LogP contribution in [-0.2, 0) is 0 Å². The molecule has 0 unspecified atom stereocenters. The van der Waals surface area contributed by atoms with Gasteiger partial charge < -0.3 is 0 Å². The Hall–Kier alpha value is -2.13. The van der Waals surface area contributed by atoms with E-state index in [0.29, 0.717) is 5.02 Å². The Morgan fingerprint density at radius 3 is 2.50 bits per heavy atom. The Balaban J connectivity index is 2.41.